The van der Waals surface area contributed by atoms with E-state index in [1.807, 2.05) is 36.0 Å². The first-order valence-electron chi connectivity index (χ1n) is 5.59. The van der Waals surface area contributed by atoms with Gasteiger partial charge in [-0.25, -0.2) is 5.43 Å². The molecule has 0 radical (unpaired) electrons. The third-order valence-corrected chi connectivity index (χ3v) is 4.08. The molecule has 6 heteroatoms. The summed E-state index contributed by atoms with van der Waals surface area (Å²) in [6.07, 6.45) is 3.76. The summed E-state index contributed by atoms with van der Waals surface area (Å²) in [7, 11) is 0. The number of rotatable bonds is 4. The third-order valence-electron chi connectivity index (χ3n) is 2.77. The lowest BCUT2D eigenvalue weighted by Gasteiger charge is -2.16. The Morgan fingerprint density at radius 2 is 2.33 bits per heavy atom. The molecule has 0 saturated heterocycles. The van der Waals surface area contributed by atoms with Crippen molar-refractivity contribution in [3.8, 4) is 0 Å². The van der Waals surface area contributed by atoms with E-state index in [-0.39, 0.29) is 6.04 Å². The van der Waals surface area contributed by atoms with E-state index in [0.717, 1.165) is 22.1 Å². The van der Waals surface area contributed by atoms with Crippen LogP contribution in [0.3, 0.4) is 0 Å². The molecule has 0 aliphatic heterocycles. The van der Waals surface area contributed by atoms with Crippen LogP contribution in [0, 0.1) is 0 Å². The van der Waals surface area contributed by atoms with E-state index in [1.54, 1.807) is 6.20 Å². The summed E-state index contributed by atoms with van der Waals surface area (Å²) < 4.78 is 2.70. The second-order valence-corrected chi connectivity index (χ2v) is 5.10. The van der Waals surface area contributed by atoms with E-state index >= 15 is 0 Å². The highest BCUT2D eigenvalue weighted by atomic mass is 79.9. The summed E-state index contributed by atoms with van der Waals surface area (Å²) in [5, 5.41) is 4.90. The lowest BCUT2D eigenvalue weighted by atomic mass is 10.0. The Morgan fingerprint density at radius 3 is 2.94 bits per heavy atom. The van der Waals surface area contributed by atoms with Crippen molar-refractivity contribution in [1.29, 1.82) is 0 Å². The Morgan fingerprint density at radius 1 is 1.56 bits per heavy atom. The zero-order chi connectivity index (χ0) is 13.1. The van der Waals surface area contributed by atoms with Gasteiger partial charge in [-0.05, 0) is 34.5 Å². The molecule has 0 aliphatic rings. The number of hydrazine groups is 1. The zero-order valence-corrected chi connectivity index (χ0v) is 12.2. The fourth-order valence-corrected chi connectivity index (χ4v) is 2.43. The molecule has 1 aromatic carbocycles. The molecule has 1 aromatic heterocycles. The fourth-order valence-electron chi connectivity index (χ4n) is 1.81. The summed E-state index contributed by atoms with van der Waals surface area (Å²) in [6, 6.07) is 5.60. The van der Waals surface area contributed by atoms with Gasteiger partial charge in [0.25, 0.3) is 0 Å². The fraction of sp³-hybridized carbons (Fsp3) is 0.250. The van der Waals surface area contributed by atoms with Gasteiger partial charge in [-0.1, -0.05) is 23.7 Å². The smallest absolute Gasteiger partial charge is 0.0755 e. The van der Waals surface area contributed by atoms with Crippen LogP contribution >= 0.6 is 27.5 Å². The maximum absolute atomic E-state index is 6.29. The molecule has 2 rings (SSSR count). The molecule has 0 bridgehead atoms. The topological polar surface area (TPSA) is 55.9 Å². The van der Waals surface area contributed by atoms with E-state index in [9.17, 15) is 0 Å². The summed E-state index contributed by atoms with van der Waals surface area (Å²) in [5.74, 6) is 5.65. The Labute approximate surface area is 119 Å². The lowest BCUT2D eigenvalue weighted by Crippen LogP contribution is -2.28. The molecule has 2 aromatic rings. The van der Waals surface area contributed by atoms with Crippen LogP contribution in [-0.2, 0) is 6.54 Å². The highest BCUT2D eigenvalue weighted by molar-refractivity contribution is 9.10. The van der Waals surface area contributed by atoms with E-state index in [2.05, 4.69) is 26.5 Å². The standard InChI is InChI=1S/C12H14BrClN4/c1-2-18-7-8(6-16-18)12(17-15)9-4-3-5-10(13)11(9)14/h3-7,12,17H,2,15H2,1H3. The van der Waals surface area contributed by atoms with Crippen LogP contribution in [0.5, 0.6) is 0 Å². The molecular formula is C12H14BrClN4. The summed E-state index contributed by atoms with van der Waals surface area (Å²) in [6.45, 7) is 2.86. The van der Waals surface area contributed by atoms with Gasteiger partial charge in [0.15, 0.2) is 0 Å². The van der Waals surface area contributed by atoms with Gasteiger partial charge in [0.05, 0.1) is 17.3 Å². The summed E-state index contributed by atoms with van der Waals surface area (Å²) >= 11 is 9.70. The van der Waals surface area contributed by atoms with Crippen LogP contribution in [0.4, 0.5) is 0 Å². The highest BCUT2D eigenvalue weighted by Crippen LogP contribution is 2.32. The number of benzene rings is 1. The molecule has 1 atom stereocenters. The van der Waals surface area contributed by atoms with Crippen LogP contribution in [0.2, 0.25) is 5.02 Å². The number of aryl methyl sites for hydroxylation is 1. The van der Waals surface area contributed by atoms with Gasteiger partial charge >= 0.3 is 0 Å². The molecule has 0 fully saturated rings. The van der Waals surface area contributed by atoms with Gasteiger partial charge in [0.2, 0.25) is 0 Å². The Kier molecular flexibility index (Phi) is 4.40. The summed E-state index contributed by atoms with van der Waals surface area (Å²) in [4.78, 5) is 0. The molecular weight excluding hydrogens is 316 g/mol. The Bertz CT molecular complexity index is 541. The van der Waals surface area contributed by atoms with Gasteiger partial charge in [0, 0.05) is 22.8 Å². The normalized spacial score (nSPS) is 12.7. The second kappa shape index (κ2) is 5.84. The average Bonchev–Trinajstić information content (AvgIpc) is 2.84. The van der Waals surface area contributed by atoms with Gasteiger partial charge in [-0.15, -0.1) is 0 Å². The first kappa shape index (κ1) is 13.5. The first-order chi connectivity index (χ1) is 8.67. The van der Waals surface area contributed by atoms with Crippen molar-refractivity contribution in [2.75, 3.05) is 0 Å². The third kappa shape index (κ3) is 2.59. The molecule has 1 unspecified atom stereocenters. The van der Waals surface area contributed by atoms with Crippen molar-refractivity contribution in [2.24, 2.45) is 5.84 Å². The molecule has 0 aliphatic carbocycles. The average molecular weight is 330 g/mol. The van der Waals surface area contributed by atoms with Crippen molar-refractivity contribution < 1.29 is 0 Å². The Hall–Kier alpha value is -0.880. The Balaban J connectivity index is 2.41. The molecule has 0 amide bonds. The monoisotopic (exact) mass is 328 g/mol. The number of nitrogens with two attached hydrogens (primary N) is 1. The predicted octanol–water partition coefficient (Wildman–Crippen LogP) is 2.87. The van der Waals surface area contributed by atoms with Crippen LogP contribution in [-0.4, -0.2) is 9.78 Å². The lowest BCUT2D eigenvalue weighted by molar-refractivity contribution is 0.630. The SMILES string of the molecule is CCn1cc(C(NN)c2cccc(Br)c2Cl)cn1. The van der Waals surface area contributed by atoms with E-state index < -0.39 is 0 Å². The first-order valence-corrected chi connectivity index (χ1v) is 6.76. The quantitative estimate of drug-likeness (QED) is 0.670. The minimum absolute atomic E-state index is 0.171. The molecule has 1 heterocycles. The number of hydrogen-bond acceptors (Lipinski definition) is 3. The maximum atomic E-state index is 6.29. The van der Waals surface area contributed by atoms with Crippen molar-refractivity contribution in [2.45, 2.75) is 19.5 Å². The molecule has 4 nitrogen and oxygen atoms in total. The molecule has 3 N–H and O–H groups in total. The number of nitrogens with one attached hydrogen (secondary N) is 1. The van der Waals surface area contributed by atoms with Gasteiger partial charge in [0.1, 0.15) is 0 Å². The largest absolute Gasteiger partial charge is 0.273 e. The van der Waals surface area contributed by atoms with E-state index in [4.69, 9.17) is 17.4 Å². The maximum Gasteiger partial charge on any atom is 0.0755 e. The number of hydrogen-bond donors (Lipinski definition) is 2. The van der Waals surface area contributed by atoms with Gasteiger partial charge in [-0.3, -0.25) is 10.5 Å². The van der Waals surface area contributed by atoms with Crippen LogP contribution < -0.4 is 11.3 Å². The zero-order valence-electron chi connectivity index (χ0n) is 9.90. The molecule has 96 valence electrons. The van der Waals surface area contributed by atoms with Crippen molar-refractivity contribution >= 4 is 27.5 Å². The van der Waals surface area contributed by atoms with Crippen molar-refractivity contribution in [1.82, 2.24) is 15.2 Å². The van der Waals surface area contributed by atoms with Crippen LogP contribution in [0.25, 0.3) is 0 Å². The predicted molar refractivity (Wildman–Crippen MR) is 76.2 cm³/mol. The van der Waals surface area contributed by atoms with E-state index in [0.29, 0.717) is 5.02 Å². The minimum Gasteiger partial charge on any atom is -0.273 e. The molecule has 0 saturated carbocycles. The van der Waals surface area contributed by atoms with E-state index in [1.165, 1.54) is 0 Å². The number of halogens is 2. The molecule has 18 heavy (non-hydrogen) atoms. The van der Waals surface area contributed by atoms with Crippen LogP contribution in [0.15, 0.2) is 35.1 Å². The van der Waals surface area contributed by atoms with Crippen molar-refractivity contribution in [3.63, 3.8) is 0 Å². The highest BCUT2D eigenvalue weighted by Gasteiger charge is 2.18. The van der Waals surface area contributed by atoms with Crippen molar-refractivity contribution in [3.05, 3.63) is 51.2 Å². The molecule has 0 spiro atoms. The van der Waals surface area contributed by atoms with Gasteiger partial charge in [-0.2, -0.15) is 5.10 Å². The van der Waals surface area contributed by atoms with Gasteiger partial charge < -0.3 is 0 Å². The number of aromatic nitrogens is 2. The minimum atomic E-state index is -0.171. The van der Waals surface area contributed by atoms with Crippen LogP contribution in [0.1, 0.15) is 24.1 Å². The summed E-state index contributed by atoms with van der Waals surface area (Å²) in [5.41, 5.74) is 4.69. The second-order valence-electron chi connectivity index (χ2n) is 3.87. The number of nitrogens with zero attached hydrogens (tertiary/aromatic N) is 2.